The highest BCUT2D eigenvalue weighted by molar-refractivity contribution is 6.21. The molecule has 1 aliphatic carbocycles. The van der Waals surface area contributed by atoms with Gasteiger partial charge in [0.15, 0.2) is 0 Å². The molecule has 0 spiro atoms. The molecule has 2 fully saturated rings. The first-order valence-corrected chi connectivity index (χ1v) is 5.32. The summed E-state index contributed by atoms with van der Waals surface area (Å²) in [6.45, 7) is 5.77. The normalized spacial score (nSPS) is 50.1. The summed E-state index contributed by atoms with van der Waals surface area (Å²) in [6.07, 6.45) is 2.08. The van der Waals surface area contributed by atoms with Crippen molar-refractivity contribution in [3.63, 3.8) is 0 Å². The molecule has 13 heavy (non-hydrogen) atoms. The van der Waals surface area contributed by atoms with Crippen LogP contribution >= 0.6 is 11.6 Å². The molecule has 0 unspecified atom stereocenters. The van der Waals surface area contributed by atoms with E-state index in [2.05, 4.69) is 6.92 Å². The minimum atomic E-state index is -0.625. The van der Waals surface area contributed by atoms with Crippen LogP contribution in [0.5, 0.6) is 0 Å². The molecule has 1 heterocycles. The van der Waals surface area contributed by atoms with Crippen LogP contribution < -0.4 is 0 Å². The van der Waals surface area contributed by atoms with Crippen LogP contribution in [0.3, 0.4) is 0 Å². The molecule has 1 aliphatic heterocycles. The van der Waals surface area contributed by atoms with E-state index in [1.807, 2.05) is 13.8 Å². The standard InChI is InChI=1S/C10H17ClO2/c1-9(2,12)6-4-7(11)10(3)8(5-6)13-10/h6-8,12H,4-5H2,1-3H3/t6-,7-,8-,10+/m0/s1. The van der Waals surface area contributed by atoms with E-state index in [1.165, 1.54) is 0 Å². The molecule has 0 aromatic rings. The number of aliphatic hydroxyl groups is 1. The van der Waals surface area contributed by atoms with Gasteiger partial charge in [0.05, 0.1) is 17.1 Å². The van der Waals surface area contributed by atoms with E-state index in [0.29, 0.717) is 0 Å². The minimum absolute atomic E-state index is 0.0580. The Hall–Kier alpha value is 0.210. The Morgan fingerprint density at radius 1 is 1.46 bits per heavy atom. The van der Waals surface area contributed by atoms with Crippen LogP contribution in [0.25, 0.3) is 0 Å². The fourth-order valence-electron chi connectivity index (χ4n) is 2.25. The summed E-state index contributed by atoms with van der Waals surface area (Å²) in [7, 11) is 0. The summed E-state index contributed by atoms with van der Waals surface area (Å²) >= 11 is 6.21. The van der Waals surface area contributed by atoms with Gasteiger partial charge in [-0.1, -0.05) is 0 Å². The van der Waals surface area contributed by atoms with Crippen molar-refractivity contribution in [2.24, 2.45) is 5.92 Å². The second-order valence-corrected chi connectivity index (χ2v) is 5.61. The first-order valence-electron chi connectivity index (χ1n) is 4.88. The third kappa shape index (κ3) is 1.49. The monoisotopic (exact) mass is 204 g/mol. The summed E-state index contributed by atoms with van der Waals surface area (Å²) in [6, 6.07) is 0. The van der Waals surface area contributed by atoms with Gasteiger partial charge in [0.2, 0.25) is 0 Å². The molecule has 1 saturated heterocycles. The third-order valence-electron chi connectivity index (χ3n) is 3.59. The maximum atomic E-state index is 9.87. The van der Waals surface area contributed by atoms with Crippen molar-refractivity contribution in [2.45, 2.75) is 56.3 Å². The number of hydrogen-bond acceptors (Lipinski definition) is 2. The maximum Gasteiger partial charge on any atom is 0.108 e. The van der Waals surface area contributed by atoms with Crippen molar-refractivity contribution in [1.82, 2.24) is 0 Å². The summed E-state index contributed by atoms with van der Waals surface area (Å²) in [4.78, 5) is 0. The van der Waals surface area contributed by atoms with Crippen molar-refractivity contribution in [1.29, 1.82) is 0 Å². The average molecular weight is 205 g/mol. The Kier molecular flexibility index (Phi) is 1.96. The van der Waals surface area contributed by atoms with Crippen LogP contribution in [-0.2, 0) is 4.74 Å². The lowest BCUT2D eigenvalue weighted by Crippen LogP contribution is -2.41. The number of alkyl halides is 1. The van der Waals surface area contributed by atoms with Crippen molar-refractivity contribution in [2.75, 3.05) is 0 Å². The Morgan fingerprint density at radius 2 is 2.08 bits per heavy atom. The van der Waals surface area contributed by atoms with E-state index in [4.69, 9.17) is 16.3 Å². The maximum absolute atomic E-state index is 9.87. The van der Waals surface area contributed by atoms with Crippen LogP contribution in [0.15, 0.2) is 0 Å². The summed E-state index contributed by atoms with van der Waals surface area (Å²) in [5, 5.41) is 9.92. The quantitative estimate of drug-likeness (QED) is 0.523. The van der Waals surface area contributed by atoms with E-state index >= 15 is 0 Å². The molecule has 0 aromatic heterocycles. The molecule has 0 aromatic carbocycles. The average Bonchev–Trinajstić information content (AvgIpc) is 2.60. The van der Waals surface area contributed by atoms with Crippen LogP contribution in [0.2, 0.25) is 0 Å². The Labute approximate surface area is 84.2 Å². The first kappa shape index (κ1) is 9.75. The van der Waals surface area contributed by atoms with Crippen LogP contribution in [0, 0.1) is 5.92 Å². The Bertz CT molecular complexity index is 223. The van der Waals surface area contributed by atoms with Gasteiger partial charge in [-0.2, -0.15) is 0 Å². The molecule has 0 bridgehead atoms. The number of rotatable bonds is 1. The van der Waals surface area contributed by atoms with Gasteiger partial charge in [-0.3, -0.25) is 0 Å². The molecule has 2 aliphatic rings. The van der Waals surface area contributed by atoms with Gasteiger partial charge in [0, 0.05) is 0 Å². The SMILES string of the molecule is CC(C)(O)[C@@H]1C[C@@H]2O[C@]2(C)[C@@H](Cl)C1. The lowest BCUT2D eigenvalue weighted by Gasteiger charge is -2.34. The number of fused-ring (bicyclic) bond motifs is 1. The molecule has 76 valence electrons. The molecule has 1 N–H and O–H groups in total. The zero-order valence-corrected chi connectivity index (χ0v) is 9.14. The molecule has 0 radical (unpaired) electrons. The van der Waals surface area contributed by atoms with Crippen molar-refractivity contribution in [3.8, 4) is 0 Å². The van der Waals surface area contributed by atoms with Crippen LogP contribution in [-0.4, -0.2) is 27.8 Å². The lowest BCUT2D eigenvalue weighted by molar-refractivity contribution is 0.00251. The summed E-state index contributed by atoms with van der Waals surface area (Å²) in [5.74, 6) is 0.274. The summed E-state index contributed by atoms with van der Waals surface area (Å²) in [5.41, 5.74) is -0.719. The van der Waals surface area contributed by atoms with Crippen LogP contribution in [0.4, 0.5) is 0 Å². The predicted molar refractivity (Wildman–Crippen MR) is 51.9 cm³/mol. The largest absolute Gasteiger partial charge is 0.390 e. The fraction of sp³-hybridized carbons (Fsp3) is 1.00. The molecule has 2 nitrogen and oxygen atoms in total. The Balaban J connectivity index is 2.06. The first-order chi connectivity index (χ1) is 5.84. The topological polar surface area (TPSA) is 32.8 Å². The minimum Gasteiger partial charge on any atom is -0.390 e. The van der Waals surface area contributed by atoms with E-state index in [9.17, 15) is 5.11 Å². The molecule has 1 saturated carbocycles. The number of ether oxygens (including phenoxy) is 1. The number of epoxide rings is 1. The van der Waals surface area contributed by atoms with Gasteiger partial charge in [0.25, 0.3) is 0 Å². The van der Waals surface area contributed by atoms with Gasteiger partial charge in [-0.15, -0.1) is 11.6 Å². The van der Waals surface area contributed by atoms with Gasteiger partial charge < -0.3 is 9.84 Å². The van der Waals surface area contributed by atoms with Crippen molar-refractivity contribution >= 4 is 11.6 Å². The lowest BCUT2D eigenvalue weighted by atomic mass is 9.75. The second kappa shape index (κ2) is 2.62. The van der Waals surface area contributed by atoms with E-state index in [-0.39, 0.29) is 23.0 Å². The van der Waals surface area contributed by atoms with E-state index in [1.54, 1.807) is 0 Å². The van der Waals surface area contributed by atoms with Crippen molar-refractivity contribution < 1.29 is 9.84 Å². The number of halogens is 1. The highest BCUT2D eigenvalue weighted by atomic mass is 35.5. The van der Waals surface area contributed by atoms with E-state index in [0.717, 1.165) is 12.8 Å². The smallest absolute Gasteiger partial charge is 0.108 e. The number of hydrogen-bond donors (Lipinski definition) is 1. The predicted octanol–water partition coefficient (Wildman–Crippen LogP) is 1.93. The molecule has 0 amide bonds. The molecular weight excluding hydrogens is 188 g/mol. The van der Waals surface area contributed by atoms with Gasteiger partial charge >= 0.3 is 0 Å². The van der Waals surface area contributed by atoms with E-state index < -0.39 is 5.60 Å². The molecule has 3 heteroatoms. The zero-order valence-electron chi connectivity index (χ0n) is 8.38. The van der Waals surface area contributed by atoms with Gasteiger partial charge in [-0.05, 0) is 39.5 Å². The molecule has 2 rings (SSSR count). The molecule has 4 atom stereocenters. The molecular formula is C10H17ClO2. The second-order valence-electron chi connectivity index (χ2n) is 5.08. The fourth-order valence-corrected chi connectivity index (χ4v) is 2.65. The van der Waals surface area contributed by atoms with Gasteiger partial charge in [-0.25, -0.2) is 0 Å². The summed E-state index contributed by atoms with van der Waals surface area (Å²) < 4.78 is 5.56. The highest BCUT2D eigenvalue weighted by Gasteiger charge is 2.62. The van der Waals surface area contributed by atoms with Gasteiger partial charge in [0.1, 0.15) is 5.60 Å². The highest BCUT2D eigenvalue weighted by Crippen LogP contribution is 2.53. The third-order valence-corrected chi connectivity index (χ3v) is 4.20. The Morgan fingerprint density at radius 3 is 2.54 bits per heavy atom. The van der Waals surface area contributed by atoms with Crippen molar-refractivity contribution in [3.05, 3.63) is 0 Å². The van der Waals surface area contributed by atoms with Crippen LogP contribution in [0.1, 0.15) is 33.6 Å². The zero-order chi connectivity index (χ0) is 9.85.